The van der Waals surface area contributed by atoms with Crippen molar-refractivity contribution in [1.82, 2.24) is 0 Å². The molecule has 0 radical (unpaired) electrons. The Hall–Kier alpha value is -1.38. The molecule has 0 heterocycles. The number of hydrogen-bond acceptors (Lipinski definition) is 3. The predicted octanol–water partition coefficient (Wildman–Crippen LogP) is 1.76. The van der Waals surface area contributed by atoms with Gasteiger partial charge in [0, 0.05) is 10.5 Å². The van der Waals surface area contributed by atoms with E-state index in [-0.39, 0.29) is 0 Å². The van der Waals surface area contributed by atoms with Crippen molar-refractivity contribution in [1.29, 1.82) is 0 Å². The van der Waals surface area contributed by atoms with Crippen molar-refractivity contribution in [3.63, 3.8) is 0 Å². The molecular weight excluding hydrogens is 186 g/mol. The van der Waals surface area contributed by atoms with E-state index in [0.717, 1.165) is 5.56 Å². The van der Waals surface area contributed by atoms with Gasteiger partial charge in [-0.15, -0.1) is 17.6 Å². The minimum atomic E-state index is -0.580. The van der Waals surface area contributed by atoms with Gasteiger partial charge in [-0.1, -0.05) is 6.07 Å². The van der Waals surface area contributed by atoms with Crippen LogP contribution in [0, 0.1) is 6.92 Å². The van der Waals surface area contributed by atoms with Crippen LogP contribution in [0.1, 0.15) is 15.9 Å². The molecule has 1 amide bonds. The summed E-state index contributed by atoms with van der Waals surface area (Å²) in [4.78, 5) is 24.7. The molecule has 0 bridgehead atoms. The van der Waals surface area contributed by atoms with Gasteiger partial charge in [-0.3, -0.25) is 4.79 Å². The number of hydrogen-bond donors (Lipinski definition) is 1. The monoisotopic (exact) mass is 193 g/mol. The van der Waals surface area contributed by atoms with E-state index >= 15 is 0 Å². The average molecular weight is 193 g/mol. The number of amides is 1. The second kappa shape index (κ2) is 4.03. The summed E-state index contributed by atoms with van der Waals surface area (Å²) in [6.45, 7) is 1.75. The smallest absolute Gasteiger partial charge is 0.266 e. The van der Waals surface area contributed by atoms with Gasteiger partial charge in [-0.2, -0.15) is 0 Å². The molecule has 1 rings (SSSR count). The molecule has 1 aromatic carbocycles. The summed E-state index contributed by atoms with van der Waals surface area (Å²) in [5, 5.41) is 0. The molecule has 0 atom stereocenters. The maximum Gasteiger partial charge on any atom is 0.288 e. The van der Waals surface area contributed by atoms with Crippen molar-refractivity contribution in [3.8, 4) is 0 Å². The molecule has 4 heteroatoms. The van der Waals surface area contributed by atoms with Crippen LogP contribution in [0.5, 0.6) is 0 Å². The predicted molar refractivity (Wildman–Crippen MR) is 50.9 cm³/mol. The standard InChI is InChI=1S/C9H7NO2S/c1-6-7(9(12)10-5-11)3-2-4-8(6)13/h2-4,13H,1H3. The van der Waals surface area contributed by atoms with Crippen LogP contribution < -0.4 is 0 Å². The number of thiol groups is 1. The van der Waals surface area contributed by atoms with Crippen molar-refractivity contribution in [2.24, 2.45) is 4.99 Å². The van der Waals surface area contributed by atoms with Crippen LogP contribution in [0.4, 0.5) is 0 Å². The lowest BCUT2D eigenvalue weighted by molar-refractivity contribution is 0.100. The minimum Gasteiger partial charge on any atom is -0.266 e. The molecule has 3 nitrogen and oxygen atoms in total. The number of nitrogens with zero attached hydrogens (tertiary/aromatic N) is 1. The summed E-state index contributed by atoms with van der Waals surface area (Å²) < 4.78 is 0. The van der Waals surface area contributed by atoms with Crippen LogP contribution in [0.2, 0.25) is 0 Å². The van der Waals surface area contributed by atoms with Crippen molar-refractivity contribution < 1.29 is 9.59 Å². The highest BCUT2D eigenvalue weighted by atomic mass is 32.1. The number of benzene rings is 1. The fraction of sp³-hybridized carbons (Fsp3) is 0.111. The molecule has 0 spiro atoms. The Balaban J connectivity index is 3.22. The SMILES string of the molecule is Cc1c(S)cccc1C(=O)N=C=O. The van der Waals surface area contributed by atoms with Crippen molar-refractivity contribution >= 4 is 24.6 Å². The molecule has 0 aromatic heterocycles. The molecule has 0 saturated heterocycles. The Morgan fingerprint density at radius 1 is 1.54 bits per heavy atom. The second-order valence-electron chi connectivity index (χ2n) is 2.46. The first-order chi connectivity index (χ1) is 6.16. The summed E-state index contributed by atoms with van der Waals surface area (Å²) in [5.41, 5.74) is 1.10. The van der Waals surface area contributed by atoms with Gasteiger partial charge in [0.05, 0.1) is 0 Å². The number of isocyanates is 1. The molecule has 0 unspecified atom stereocenters. The first kappa shape index (κ1) is 9.71. The van der Waals surface area contributed by atoms with E-state index < -0.39 is 5.91 Å². The first-order valence-electron chi connectivity index (χ1n) is 3.57. The highest BCUT2D eigenvalue weighted by molar-refractivity contribution is 7.80. The van der Waals surface area contributed by atoms with E-state index in [2.05, 4.69) is 17.6 Å². The lowest BCUT2D eigenvalue weighted by Crippen LogP contribution is -1.98. The zero-order valence-electron chi connectivity index (χ0n) is 6.94. The fourth-order valence-corrected chi connectivity index (χ4v) is 1.16. The molecule has 0 aliphatic heterocycles. The van der Waals surface area contributed by atoms with Crippen molar-refractivity contribution in [2.45, 2.75) is 11.8 Å². The van der Waals surface area contributed by atoms with Crippen LogP contribution >= 0.6 is 12.6 Å². The van der Waals surface area contributed by atoms with E-state index in [4.69, 9.17) is 0 Å². The van der Waals surface area contributed by atoms with E-state index in [1.807, 2.05) is 0 Å². The molecule has 66 valence electrons. The van der Waals surface area contributed by atoms with E-state index in [1.54, 1.807) is 25.1 Å². The van der Waals surface area contributed by atoms with Crippen LogP contribution in [-0.4, -0.2) is 12.0 Å². The molecule has 1 aromatic rings. The summed E-state index contributed by atoms with van der Waals surface area (Å²) in [5.74, 6) is -0.580. The van der Waals surface area contributed by atoms with Gasteiger partial charge in [0.2, 0.25) is 6.08 Å². The van der Waals surface area contributed by atoms with E-state index in [9.17, 15) is 9.59 Å². The van der Waals surface area contributed by atoms with Gasteiger partial charge < -0.3 is 0 Å². The van der Waals surface area contributed by atoms with Crippen LogP contribution in [0.15, 0.2) is 28.1 Å². The topological polar surface area (TPSA) is 46.5 Å². The van der Waals surface area contributed by atoms with Gasteiger partial charge in [0.15, 0.2) is 0 Å². The zero-order chi connectivity index (χ0) is 9.84. The molecular formula is C9H7NO2S. The number of rotatable bonds is 1. The van der Waals surface area contributed by atoms with Gasteiger partial charge in [0.1, 0.15) is 0 Å². The van der Waals surface area contributed by atoms with Crippen LogP contribution in [0.25, 0.3) is 0 Å². The Kier molecular flexibility index (Phi) is 3.01. The molecule has 0 aliphatic carbocycles. The summed E-state index contributed by atoms with van der Waals surface area (Å²) in [7, 11) is 0. The van der Waals surface area contributed by atoms with Crippen molar-refractivity contribution in [3.05, 3.63) is 29.3 Å². The average Bonchev–Trinajstić information content (AvgIpc) is 2.10. The lowest BCUT2D eigenvalue weighted by atomic mass is 10.1. The Bertz CT molecular complexity index is 395. The zero-order valence-corrected chi connectivity index (χ0v) is 7.84. The number of carbonyl (C=O) groups excluding carboxylic acids is 2. The minimum absolute atomic E-state index is 0.385. The summed E-state index contributed by atoms with van der Waals surface area (Å²) >= 11 is 4.14. The van der Waals surface area contributed by atoms with Gasteiger partial charge >= 0.3 is 0 Å². The maximum atomic E-state index is 11.2. The Labute approximate surface area is 80.9 Å². The summed E-state index contributed by atoms with van der Waals surface area (Å²) in [6.07, 6.45) is 1.21. The number of aliphatic imine (C=N–C) groups is 1. The Morgan fingerprint density at radius 2 is 2.23 bits per heavy atom. The van der Waals surface area contributed by atoms with Crippen LogP contribution in [-0.2, 0) is 4.79 Å². The second-order valence-corrected chi connectivity index (χ2v) is 2.94. The third kappa shape index (κ3) is 2.05. The normalized spacial score (nSPS) is 9.08. The molecule has 0 fully saturated rings. The molecule has 0 N–H and O–H groups in total. The maximum absolute atomic E-state index is 11.2. The third-order valence-corrected chi connectivity index (χ3v) is 2.17. The van der Waals surface area contributed by atoms with E-state index in [1.165, 1.54) is 6.08 Å². The largest absolute Gasteiger partial charge is 0.288 e. The van der Waals surface area contributed by atoms with Crippen LogP contribution in [0.3, 0.4) is 0 Å². The van der Waals surface area contributed by atoms with Crippen molar-refractivity contribution in [2.75, 3.05) is 0 Å². The lowest BCUT2D eigenvalue weighted by Gasteiger charge is -2.01. The molecule has 13 heavy (non-hydrogen) atoms. The van der Waals surface area contributed by atoms with E-state index in [0.29, 0.717) is 10.5 Å². The number of carbonyl (C=O) groups is 1. The fourth-order valence-electron chi connectivity index (χ4n) is 0.957. The van der Waals surface area contributed by atoms with Gasteiger partial charge in [-0.25, -0.2) is 4.79 Å². The van der Waals surface area contributed by atoms with Gasteiger partial charge in [0.25, 0.3) is 5.91 Å². The third-order valence-electron chi connectivity index (χ3n) is 1.68. The molecule has 0 saturated carbocycles. The molecule has 0 aliphatic rings. The first-order valence-corrected chi connectivity index (χ1v) is 4.02. The highest BCUT2D eigenvalue weighted by Gasteiger charge is 2.08. The summed E-state index contributed by atoms with van der Waals surface area (Å²) in [6, 6.07) is 5.04. The highest BCUT2D eigenvalue weighted by Crippen LogP contribution is 2.17. The Morgan fingerprint density at radius 3 is 2.85 bits per heavy atom. The van der Waals surface area contributed by atoms with Gasteiger partial charge in [-0.05, 0) is 24.6 Å². The quantitative estimate of drug-likeness (QED) is 0.419.